The van der Waals surface area contributed by atoms with Crippen LogP contribution in [0.3, 0.4) is 0 Å². The quantitative estimate of drug-likeness (QED) is 0.688. The maximum Gasteiger partial charge on any atom is 0.261 e. The molecule has 0 atom stereocenters. The van der Waals surface area contributed by atoms with Crippen LogP contribution in [0.1, 0.15) is 46.6 Å². The number of carbonyl (C=O) groups excluding carboxylic acids is 1. The number of amides is 1. The number of thiophene rings is 1. The number of aryl methyl sites for hydroxylation is 1. The highest BCUT2D eigenvalue weighted by Crippen LogP contribution is 2.34. The Morgan fingerprint density at radius 2 is 2.07 bits per heavy atom. The molecule has 1 aliphatic rings. The monoisotopic (exact) mass is 395 g/mol. The molecule has 0 unspecified atom stereocenters. The van der Waals surface area contributed by atoms with Gasteiger partial charge in [0.05, 0.1) is 10.3 Å². The number of hydrogen-bond acceptors (Lipinski definition) is 6. The second-order valence-electron chi connectivity index (χ2n) is 7.38. The minimum absolute atomic E-state index is 0.0227. The fourth-order valence-electron chi connectivity index (χ4n) is 3.81. The van der Waals surface area contributed by atoms with Gasteiger partial charge in [0.1, 0.15) is 17.0 Å². The second-order valence-corrected chi connectivity index (χ2v) is 8.38. The summed E-state index contributed by atoms with van der Waals surface area (Å²) in [6, 6.07) is 6.27. The summed E-state index contributed by atoms with van der Waals surface area (Å²) in [7, 11) is 2.03. The average molecular weight is 396 g/mol. The van der Waals surface area contributed by atoms with Crippen molar-refractivity contribution in [2.45, 2.75) is 45.1 Å². The van der Waals surface area contributed by atoms with Gasteiger partial charge >= 0.3 is 0 Å². The molecule has 1 N–H and O–H groups in total. The van der Waals surface area contributed by atoms with E-state index in [0.29, 0.717) is 6.04 Å². The molecular weight excluding hydrogens is 370 g/mol. The Morgan fingerprint density at radius 1 is 1.25 bits per heavy atom. The molecule has 1 saturated carbocycles. The Hall–Kier alpha value is -2.54. The summed E-state index contributed by atoms with van der Waals surface area (Å²) in [5, 5.41) is 4.17. The molecular formula is C21H25N5OS. The van der Waals surface area contributed by atoms with E-state index in [2.05, 4.69) is 25.2 Å². The van der Waals surface area contributed by atoms with Crippen LogP contribution >= 0.6 is 11.3 Å². The van der Waals surface area contributed by atoms with Crippen LogP contribution in [0.2, 0.25) is 0 Å². The minimum atomic E-state index is 0.0227. The maximum atomic E-state index is 12.8. The summed E-state index contributed by atoms with van der Waals surface area (Å²) < 4.78 is 0. The summed E-state index contributed by atoms with van der Waals surface area (Å²) in [4.78, 5) is 29.9. The number of nitrogens with zero attached hydrogens (tertiary/aromatic N) is 4. The Labute approximate surface area is 169 Å². The second kappa shape index (κ2) is 8.22. The molecule has 3 aromatic heterocycles. The molecule has 0 saturated heterocycles. The van der Waals surface area contributed by atoms with Crippen molar-refractivity contribution in [3.05, 3.63) is 46.9 Å². The van der Waals surface area contributed by atoms with Crippen molar-refractivity contribution in [1.29, 1.82) is 0 Å². The number of hydrogen-bond donors (Lipinski definition) is 1. The molecule has 0 aromatic carbocycles. The highest BCUT2D eigenvalue weighted by atomic mass is 32.1. The largest absolute Gasteiger partial charge is 0.359 e. The van der Waals surface area contributed by atoms with E-state index >= 15 is 0 Å². The fourth-order valence-corrected chi connectivity index (χ4v) is 4.86. The van der Waals surface area contributed by atoms with Crippen molar-refractivity contribution < 1.29 is 4.79 Å². The van der Waals surface area contributed by atoms with Gasteiger partial charge in [-0.2, -0.15) is 0 Å². The molecule has 146 valence electrons. The summed E-state index contributed by atoms with van der Waals surface area (Å²) in [5.41, 5.74) is 2.02. The van der Waals surface area contributed by atoms with Gasteiger partial charge < -0.3 is 10.2 Å². The number of nitrogens with one attached hydrogen (secondary N) is 1. The Balaban J connectivity index is 1.57. The first-order valence-corrected chi connectivity index (χ1v) is 10.6. The van der Waals surface area contributed by atoms with Gasteiger partial charge in [-0.1, -0.05) is 18.9 Å². The summed E-state index contributed by atoms with van der Waals surface area (Å²) in [6.45, 7) is 2.80. The smallest absolute Gasteiger partial charge is 0.261 e. The molecule has 0 spiro atoms. The van der Waals surface area contributed by atoms with Crippen molar-refractivity contribution in [1.82, 2.24) is 20.3 Å². The summed E-state index contributed by atoms with van der Waals surface area (Å²) in [6.07, 6.45) is 8.80. The van der Waals surface area contributed by atoms with Gasteiger partial charge in [-0.15, -0.1) is 11.3 Å². The van der Waals surface area contributed by atoms with Gasteiger partial charge in [0, 0.05) is 37.9 Å². The van der Waals surface area contributed by atoms with E-state index in [1.54, 1.807) is 6.33 Å². The Morgan fingerprint density at radius 3 is 2.82 bits per heavy atom. The standard InChI is InChI=1S/C21H25N5OS/c1-14-17-19(26(2)12-10-15-7-5-6-11-22-15)23-13-24-21(17)28-18(14)20(27)25-16-8-3-4-9-16/h5-7,11,13,16H,3-4,8-10,12H2,1-2H3,(H,25,27). The van der Waals surface area contributed by atoms with Crippen LogP contribution < -0.4 is 10.2 Å². The number of anilines is 1. The van der Waals surface area contributed by atoms with Crippen LogP contribution in [0.4, 0.5) is 5.82 Å². The number of aromatic nitrogens is 3. The number of pyridine rings is 1. The van der Waals surface area contributed by atoms with Crippen molar-refractivity contribution in [2.24, 2.45) is 0 Å². The molecule has 3 heterocycles. The highest BCUT2D eigenvalue weighted by molar-refractivity contribution is 7.20. The van der Waals surface area contributed by atoms with E-state index < -0.39 is 0 Å². The van der Waals surface area contributed by atoms with Crippen LogP contribution in [0.25, 0.3) is 10.2 Å². The lowest BCUT2D eigenvalue weighted by Gasteiger charge is -2.19. The Kier molecular flexibility index (Phi) is 5.52. The highest BCUT2D eigenvalue weighted by Gasteiger charge is 2.23. The van der Waals surface area contributed by atoms with E-state index in [9.17, 15) is 4.79 Å². The third kappa shape index (κ3) is 3.85. The van der Waals surface area contributed by atoms with Crippen LogP contribution in [0.15, 0.2) is 30.7 Å². The Bertz CT molecular complexity index is 966. The predicted octanol–water partition coefficient (Wildman–Crippen LogP) is 3.75. The third-order valence-electron chi connectivity index (χ3n) is 5.39. The van der Waals surface area contributed by atoms with Crippen LogP contribution in [0.5, 0.6) is 0 Å². The molecule has 3 aromatic rings. The van der Waals surface area contributed by atoms with E-state index in [4.69, 9.17) is 0 Å². The predicted molar refractivity (Wildman–Crippen MR) is 113 cm³/mol. The van der Waals surface area contributed by atoms with Gasteiger partial charge in [-0.05, 0) is 37.5 Å². The van der Waals surface area contributed by atoms with Crippen molar-refractivity contribution in [2.75, 3.05) is 18.5 Å². The summed E-state index contributed by atoms with van der Waals surface area (Å²) in [5.74, 6) is 0.893. The fraction of sp³-hybridized carbons (Fsp3) is 0.429. The van der Waals surface area contributed by atoms with Crippen molar-refractivity contribution >= 4 is 33.3 Å². The molecule has 1 amide bonds. The zero-order chi connectivity index (χ0) is 19.5. The molecule has 1 aliphatic carbocycles. The van der Waals surface area contributed by atoms with Gasteiger partial charge in [0.2, 0.25) is 0 Å². The number of likely N-dealkylation sites (N-methyl/N-ethyl adjacent to an activating group) is 1. The first-order valence-electron chi connectivity index (χ1n) is 9.79. The topological polar surface area (TPSA) is 71.0 Å². The van der Waals surface area contributed by atoms with Crippen LogP contribution in [-0.4, -0.2) is 40.5 Å². The maximum absolute atomic E-state index is 12.8. The molecule has 7 heteroatoms. The van der Waals surface area contributed by atoms with Crippen molar-refractivity contribution in [3.8, 4) is 0 Å². The molecule has 1 fully saturated rings. The number of carbonyl (C=O) groups is 1. The number of fused-ring (bicyclic) bond motifs is 1. The zero-order valence-corrected chi connectivity index (χ0v) is 17.1. The first kappa shape index (κ1) is 18.8. The molecule has 0 bridgehead atoms. The van der Waals surface area contributed by atoms with Crippen LogP contribution in [-0.2, 0) is 6.42 Å². The number of rotatable bonds is 6. The van der Waals surface area contributed by atoms with Gasteiger partial charge in [-0.25, -0.2) is 9.97 Å². The normalized spacial score (nSPS) is 14.5. The third-order valence-corrected chi connectivity index (χ3v) is 6.59. The lowest BCUT2D eigenvalue weighted by molar-refractivity contribution is 0.0941. The molecule has 0 radical (unpaired) electrons. The molecule has 4 rings (SSSR count). The van der Waals surface area contributed by atoms with E-state index in [0.717, 1.165) is 58.0 Å². The van der Waals surface area contributed by atoms with E-state index in [1.807, 2.05) is 38.4 Å². The van der Waals surface area contributed by atoms with E-state index in [-0.39, 0.29) is 5.91 Å². The SMILES string of the molecule is Cc1c(C(=O)NC2CCCC2)sc2ncnc(N(C)CCc3ccccn3)c12. The molecule has 6 nitrogen and oxygen atoms in total. The zero-order valence-electron chi connectivity index (χ0n) is 16.3. The van der Waals surface area contributed by atoms with Crippen molar-refractivity contribution in [3.63, 3.8) is 0 Å². The van der Waals surface area contributed by atoms with Gasteiger partial charge in [0.25, 0.3) is 5.91 Å². The van der Waals surface area contributed by atoms with Gasteiger partial charge in [-0.3, -0.25) is 9.78 Å². The first-order chi connectivity index (χ1) is 13.6. The lowest BCUT2D eigenvalue weighted by Crippen LogP contribution is -2.32. The molecule has 0 aliphatic heterocycles. The van der Waals surface area contributed by atoms with E-state index in [1.165, 1.54) is 24.2 Å². The van der Waals surface area contributed by atoms with Gasteiger partial charge in [0.15, 0.2) is 0 Å². The molecule has 28 heavy (non-hydrogen) atoms. The lowest BCUT2D eigenvalue weighted by atomic mass is 10.1. The average Bonchev–Trinajstić information content (AvgIpc) is 3.34. The van der Waals surface area contributed by atoms with Crippen LogP contribution in [0, 0.1) is 6.92 Å². The minimum Gasteiger partial charge on any atom is -0.359 e. The summed E-state index contributed by atoms with van der Waals surface area (Å²) >= 11 is 1.46.